The largest absolute Gasteiger partial charge is 0.179 e. The molecule has 0 atom stereocenters. The minimum absolute atomic E-state index is 0.826. The molecule has 0 amide bonds. The molecule has 0 aromatic heterocycles. The Morgan fingerprint density at radius 3 is 1.80 bits per heavy atom. The van der Waals surface area contributed by atoms with Crippen LogP contribution in [0.4, 0.5) is 0 Å². The lowest BCUT2D eigenvalue weighted by Crippen LogP contribution is -1.80. The average Bonchev–Trinajstić information content (AvgIpc) is 1.97. The molecule has 0 aliphatic heterocycles. The van der Waals surface area contributed by atoms with Gasteiger partial charge < -0.3 is 0 Å². The monoisotopic (exact) mass is 180 g/mol. The van der Waals surface area contributed by atoms with Gasteiger partial charge in [0.15, 0.2) is 0 Å². The predicted molar refractivity (Wildman–Crippen MR) is 52.3 cm³/mol. The van der Waals surface area contributed by atoms with Crippen LogP contribution in [0.2, 0.25) is 0 Å². The smallest absolute Gasteiger partial charge is 0.0223 e. The molecular formula is C8H17ClS. The number of hydrogen-bond donors (Lipinski definition) is 1. The molecule has 0 spiro atoms. The molecule has 0 saturated heterocycles. The summed E-state index contributed by atoms with van der Waals surface area (Å²) in [5.41, 5.74) is 0. The van der Waals surface area contributed by atoms with E-state index in [9.17, 15) is 0 Å². The molecule has 0 fully saturated rings. The fourth-order valence-electron chi connectivity index (χ4n) is 0.913. The molecule has 0 aromatic carbocycles. The van der Waals surface area contributed by atoms with E-state index in [1.807, 2.05) is 0 Å². The molecule has 62 valence electrons. The van der Waals surface area contributed by atoms with E-state index in [4.69, 9.17) is 11.6 Å². The number of hydrogen-bond acceptors (Lipinski definition) is 1. The minimum Gasteiger partial charge on any atom is -0.179 e. The second-order valence-corrected chi connectivity index (χ2v) is 3.36. The topological polar surface area (TPSA) is 0 Å². The zero-order valence-corrected chi connectivity index (χ0v) is 8.13. The van der Waals surface area contributed by atoms with Crippen molar-refractivity contribution in [1.29, 1.82) is 0 Å². The van der Waals surface area contributed by atoms with Crippen molar-refractivity contribution in [2.75, 3.05) is 11.6 Å². The van der Waals surface area contributed by atoms with Crippen molar-refractivity contribution in [1.82, 2.24) is 0 Å². The molecule has 0 aliphatic rings. The van der Waals surface area contributed by atoms with Crippen LogP contribution in [0.15, 0.2) is 0 Å². The van der Waals surface area contributed by atoms with Crippen LogP contribution in [-0.4, -0.2) is 11.6 Å². The van der Waals surface area contributed by atoms with E-state index >= 15 is 0 Å². The van der Waals surface area contributed by atoms with Gasteiger partial charge >= 0.3 is 0 Å². The van der Waals surface area contributed by atoms with Crippen LogP contribution in [0.1, 0.15) is 38.5 Å². The lowest BCUT2D eigenvalue weighted by molar-refractivity contribution is 0.629. The Balaban J connectivity index is 2.65. The van der Waals surface area contributed by atoms with E-state index in [-0.39, 0.29) is 0 Å². The van der Waals surface area contributed by atoms with Gasteiger partial charge in [-0.2, -0.15) is 12.6 Å². The van der Waals surface area contributed by atoms with Gasteiger partial charge in [-0.15, -0.1) is 11.6 Å². The first-order chi connectivity index (χ1) is 4.91. The molecule has 2 heteroatoms. The molecule has 0 aromatic rings. The SMILES string of the molecule is SCCCCCCCCCl. The molecule has 0 nitrogen and oxygen atoms in total. The van der Waals surface area contributed by atoms with Crippen molar-refractivity contribution in [2.24, 2.45) is 0 Å². The molecule has 0 bridgehead atoms. The highest BCUT2D eigenvalue weighted by Gasteiger charge is 1.88. The third-order valence-corrected chi connectivity index (χ3v) is 2.13. The summed E-state index contributed by atoms with van der Waals surface area (Å²) >= 11 is 9.67. The fourth-order valence-corrected chi connectivity index (χ4v) is 1.33. The standard InChI is InChI=1S/C8H17ClS/c9-7-5-3-1-2-4-6-8-10/h10H,1-8H2. The van der Waals surface area contributed by atoms with Crippen LogP contribution >= 0.6 is 24.2 Å². The first kappa shape index (κ1) is 10.6. The maximum atomic E-state index is 5.53. The molecule has 0 heterocycles. The van der Waals surface area contributed by atoms with Crippen molar-refractivity contribution in [3.8, 4) is 0 Å². The second kappa shape index (κ2) is 9.64. The van der Waals surface area contributed by atoms with Gasteiger partial charge in [0.05, 0.1) is 0 Å². The maximum Gasteiger partial charge on any atom is 0.0223 e. The Bertz CT molecular complexity index is 49.2. The lowest BCUT2D eigenvalue weighted by atomic mass is 10.1. The van der Waals surface area contributed by atoms with E-state index < -0.39 is 0 Å². The third-order valence-electron chi connectivity index (χ3n) is 1.54. The van der Waals surface area contributed by atoms with Crippen LogP contribution in [0.5, 0.6) is 0 Å². The molecule has 0 aliphatic carbocycles. The molecule has 0 saturated carbocycles. The quantitative estimate of drug-likeness (QED) is 0.346. The highest BCUT2D eigenvalue weighted by Crippen LogP contribution is 2.05. The number of unbranched alkanes of at least 4 members (excludes halogenated alkanes) is 5. The van der Waals surface area contributed by atoms with Crippen LogP contribution < -0.4 is 0 Å². The Hall–Kier alpha value is 0.640. The molecular weight excluding hydrogens is 164 g/mol. The van der Waals surface area contributed by atoms with Gasteiger partial charge in [-0.05, 0) is 18.6 Å². The Labute approximate surface area is 74.8 Å². The summed E-state index contributed by atoms with van der Waals surface area (Å²) in [6.07, 6.45) is 7.80. The van der Waals surface area contributed by atoms with Crippen molar-refractivity contribution in [3.05, 3.63) is 0 Å². The second-order valence-electron chi connectivity index (χ2n) is 2.53. The van der Waals surface area contributed by atoms with E-state index in [1.165, 1.54) is 38.5 Å². The summed E-state index contributed by atoms with van der Waals surface area (Å²) in [6.45, 7) is 0. The van der Waals surface area contributed by atoms with Crippen molar-refractivity contribution in [2.45, 2.75) is 38.5 Å². The third kappa shape index (κ3) is 8.64. The summed E-state index contributed by atoms with van der Waals surface area (Å²) < 4.78 is 0. The fraction of sp³-hybridized carbons (Fsp3) is 1.00. The van der Waals surface area contributed by atoms with Crippen LogP contribution in [0.3, 0.4) is 0 Å². The predicted octanol–water partition coefficient (Wildman–Crippen LogP) is 3.50. The highest BCUT2D eigenvalue weighted by molar-refractivity contribution is 7.80. The van der Waals surface area contributed by atoms with Gasteiger partial charge in [-0.3, -0.25) is 0 Å². The average molecular weight is 181 g/mol. The van der Waals surface area contributed by atoms with Gasteiger partial charge in [0, 0.05) is 5.88 Å². The number of alkyl halides is 1. The molecule has 0 N–H and O–H groups in total. The minimum atomic E-state index is 0.826. The maximum absolute atomic E-state index is 5.53. The van der Waals surface area contributed by atoms with Crippen molar-refractivity contribution in [3.63, 3.8) is 0 Å². The van der Waals surface area contributed by atoms with Crippen LogP contribution in [-0.2, 0) is 0 Å². The summed E-state index contributed by atoms with van der Waals surface area (Å²) in [7, 11) is 0. The highest BCUT2D eigenvalue weighted by atomic mass is 35.5. The Morgan fingerprint density at radius 1 is 0.800 bits per heavy atom. The summed E-state index contributed by atoms with van der Waals surface area (Å²) in [4.78, 5) is 0. The zero-order valence-electron chi connectivity index (χ0n) is 6.48. The molecule has 0 radical (unpaired) electrons. The van der Waals surface area contributed by atoms with Gasteiger partial charge in [-0.25, -0.2) is 0 Å². The van der Waals surface area contributed by atoms with E-state index in [0.717, 1.165) is 11.6 Å². The lowest BCUT2D eigenvalue weighted by Gasteiger charge is -1.97. The van der Waals surface area contributed by atoms with E-state index in [1.54, 1.807) is 0 Å². The van der Waals surface area contributed by atoms with Crippen LogP contribution in [0.25, 0.3) is 0 Å². The number of halogens is 1. The summed E-state index contributed by atoms with van der Waals surface area (Å²) in [5, 5.41) is 0. The van der Waals surface area contributed by atoms with Gasteiger partial charge in [0.25, 0.3) is 0 Å². The van der Waals surface area contributed by atoms with E-state index in [2.05, 4.69) is 12.6 Å². The van der Waals surface area contributed by atoms with E-state index in [0.29, 0.717) is 0 Å². The van der Waals surface area contributed by atoms with Gasteiger partial charge in [-0.1, -0.05) is 25.7 Å². The Kier molecular flexibility index (Phi) is 10.3. The zero-order chi connectivity index (χ0) is 7.66. The number of rotatable bonds is 7. The molecule has 0 unspecified atom stereocenters. The molecule has 10 heavy (non-hydrogen) atoms. The normalized spacial score (nSPS) is 10.2. The van der Waals surface area contributed by atoms with Gasteiger partial charge in [0.2, 0.25) is 0 Å². The van der Waals surface area contributed by atoms with Crippen LogP contribution in [0, 0.1) is 0 Å². The first-order valence-electron chi connectivity index (χ1n) is 4.08. The molecule has 0 rings (SSSR count). The Morgan fingerprint density at radius 2 is 1.30 bits per heavy atom. The van der Waals surface area contributed by atoms with Gasteiger partial charge in [0.1, 0.15) is 0 Å². The van der Waals surface area contributed by atoms with Crippen molar-refractivity contribution >= 4 is 24.2 Å². The summed E-state index contributed by atoms with van der Waals surface area (Å²) in [6, 6.07) is 0. The first-order valence-corrected chi connectivity index (χ1v) is 5.25. The van der Waals surface area contributed by atoms with Crippen molar-refractivity contribution < 1.29 is 0 Å². The number of thiol groups is 1. The summed E-state index contributed by atoms with van der Waals surface area (Å²) in [5.74, 6) is 1.86.